The fourth-order valence-electron chi connectivity index (χ4n) is 3.82. The van der Waals surface area contributed by atoms with Gasteiger partial charge < -0.3 is 10.2 Å². The molecule has 1 aliphatic heterocycles. The van der Waals surface area contributed by atoms with E-state index in [0.29, 0.717) is 11.7 Å². The molecule has 4 rings (SSSR count). The van der Waals surface area contributed by atoms with Crippen LogP contribution in [-0.2, 0) is 7.05 Å². The van der Waals surface area contributed by atoms with Gasteiger partial charge in [-0.2, -0.15) is 10.2 Å². The van der Waals surface area contributed by atoms with Gasteiger partial charge in [-0.25, -0.2) is 0 Å². The maximum Gasteiger partial charge on any atom is 0.271 e. The molecule has 148 valence electrons. The van der Waals surface area contributed by atoms with Crippen molar-refractivity contribution < 1.29 is 4.79 Å². The van der Waals surface area contributed by atoms with Crippen molar-refractivity contribution in [3.05, 3.63) is 23.1 Å². The van der Waals surface area contributed by atoms with Crippen LogP contribution >= 0.6 is 12.4 Å². The van der Waals surface area contributed by atoms with E-state index in [2.05, 4.69) is 20.6 Å². The van der Waals surface area contributed by atoms with E-state index in [-0.39, 0.29) is 18.3 Å². The number of hydrogen-bond acceptors (Lipinski definition) is 4. The maximum atomic E-state index is 12.8. The molecule has 3 heterocycles. The molecule has 8 heteroatoms. The fourth-order valence-corrected chi connectivity index (χ4v) is 3.82. The number of H-pyrrole nitrogens is 1. The van der Waals surface area contributed by atoms with E-state index in [0.717, 1.165) is 61.0 Å². The van der Waals surface area contributed by atoms with Crippen LogP contribution in [0.25, 0.3) is 11.3 Å². The first-order valence-corrected chi connectivity index (χ1v) is 9.61. The molecule has 1 saturated heterocycles. The fraction of sp³-hybridized carbons (Fsp3) is 0.632. The van der Waals surface area contributed by atoms with Crippen LogP contribution in [0.3, 0.4) is 0 Å². The van der Waals surface area contributed by atoms with Gasteiger partial charge in [-0.05, 0) is 58.1 Å². The topological polar surface area (TPSA) is 78.8 Å². The van der Waals surface area contributed by atoms with Crippen LogP contribution in [0.5, 0.6) is 0 Å². The molecule has 2 N–H and O–H groups in total. The normalized spacial score (nSPS) is 17.8. The second kappa shape index (κ2) is 8.02. The van der Waals surface area contributed by atoms with Crippen LogP contribution in [0.2, 0.25) is 0 Å². The standard InChI is InChI=1S/C19H28N6O.ClH/c1-12-18(13(2)24(3)23-12)16-10-17(22-21-16)19(26)25-8-6-15(7-9-25)20-11-14-4-5-14;/h10,14-15,20H,4-9,11H2,1-3H3,(H,21,22);1H. The van der Waals surface area contributed by atoms with Gasteiger partial charge in [0.05, 0.1) is 11.4 Å². The number of halogens is 1. The highest BCUT2D eigenvalue weighted by molar-refractivity contribution is 5.93. The van der Waals surface area contributed by atoms with Gasteiger partial charge in [-0.1, -0.05) is 0 Å². The summed E-state index contributed by atoms with van der Waals surface area (Å²) in [6, 6.07) is 2.41. The summed E-state index contributed by atoms with van der Waals surface area (Å²) < 4.78 is 1.85. The van der Waals surface area contributed by atoms with E-state index in [1.807, 2.05) is 36.5 Å². The van der Waals surface area contributed by atoms with E-state index in [9.17, 15) is 4.79 Å². The lowest BCUT2D eigenvalue weighted by Gasteiger charge is -2.32. The van der Waals surface area contributed by atoms with Crippen molar-refractivity contribution in [1.82, 2.24) is 30.2 Å². The number of hydrogen-bond donors (Lipinski definition) is 2. The van der Waals surface area contributed by atoms with Gasteiger partial charge in [0.25, 0.3) is 5.91 Å². The Morgan fingerprint density at radius 2 is 1.96 bits per heavy atom. The third-order valence-electron chi connectivity index (χ3n) is 5.75. The highest BCUT2D eigenvalue weighted by atomic mass is 35.5. The molecule has 2 aliphatic rings. The molecule has 1 aliphatic carbocycles. The quantitative estimate of drug-likeness (QED) is 0.819. The zero-order valence-electron chi connectivity index (χ0n) is 16.3. The first kappa shape index (κ1) is 19.9. The zero-order valence-corrected chi connectivity index (χ0v) is 17.1. The summed E-state index contributed by atoms with van der Waals surface area (Å²) in [5.74, 6) is 0.945. The SMILES string of the molecule is Cc1nn(C)c(C)c1-c1cc(C(=O)N2CCC(NCC3CC3)CC2)[nH]n1.Cl. The molecule has 0 spiro atoms. The van der Waals surface area contributed by atoms with E-state index in [1.54, 1.807) is 0 Å². The minimum atomic E-state index is 0. The number of nitrogens with zero attached hydrogens (tertiary/aromatic N) is 4. The number of aromatic amines is 1. The van der Waals surface area contributed by atoms with Crippen LogP contribution in [-0.4, -0.2) is 56.5 Å². The summed E-state index contributed by atoms with van der Waals surface area (Å²) >= 11 is 0. The van der Waals surface area contributed by atoms with Gasteiger partial charge in [0.1, 0.15) is 5.69 Å². The van der Waals surface area contributed by atoms with Crippen molar-refractivity contribution >= 4 is 18.3 Å². The Morgan fingerprint density at radius 3 is 2.56 bits per heavy atom. The minimum Gasteiger partial charge on any atom is -0.337 e. The molecule has 1 amide bonds. The Kier molecular flexibility index (Phi) is 5.91. The molecule has 7 nitrogen and oxygen atoms in total. The second-order valence-corrected chi connectivity index (χ2v) is 7.75. The molecule has 1 saturated carbocycles. The van der Waals surface area contributed by atoms with E-state index in [4.69, 9.17) is 0 Å². The smallest absolute Gasteiger partial charge is 0.271 e. The lowest BCUT2D eigenvalue weighted by Crippen LogP contribution is -2.45. The van der Waals surface area contributed by atoms with Gasteiger partial charge in [0.2, 0.25) is 0 Å². The number of carbonyl (C=O) groups excluding carboxylic acids is 1. The molecule has 0 atom stereocenters. The average molecular weight is 393 g/mol. The number of amides is 1. The molecule has 0 radical (unpaired) electrons. The zero-order chi connectivity index (χ0) is 18.3. The summed E-state index contributed by atoms with van der Waals surface area (Å²) in [5, 5.41) is 15.4. The van der Waals surface area contributed by atoms with Crippen molar-refractivity contribution in [2.75, 3.05) is 19.6 Å². The number of piperidine rings is 1. The molecule has 27 heavy (non-hydrogen) atoms. The largest absolute Gasteiger partial charge is 0.337 e. The minimum absolute atomic E-state index is 0. The average Bonchev–Trinajstić information content (AvgIpc) is 3.28. The predicted octanol–water partition coefficient (Wildman–Crippen LogP) is 2.45. The highest BCUT2D eigenvalue weighted by Gasteiger charge is 2.27. The maximum absolute atomic E-state index is 12.8. The molecule has 0 unspecified atom stereocenters. The summed E-state index contributed by atoms with van der Waals surface area (Å²) in [6.45, 7) is 6.75. The molecular weight excluding hydrogens is 364 g/mol. The Balaban J connectivity index is 0.00000210. The number of rotatable bonds is 5. The molecular formula is C19H29ClN6O. The third kappa shape index (κ3) is 4.19. The Bertz CT molecular complexity index is 801. The van der Waals surface area contributed by atoms with Gasteiger partial charge in [-0.15, -0.1) is 12.4 Å². The van der Waals surface area contributed by atoms with E-state index >= 15 is 0 Å². The summed E-state index contributed by atoms with van der Waals surface area (Å²) in [5.41, 5.74) is 4.34. The summed E-state index contributed by atoms with van der Waals surface area (Å²) in [4.78, 5) is 14.8. The number of nitrogens with one attached hydrogen (secondary N) is 2. The van der Waals surface area contributed by atoms with Gasteiger partial charge in [-0.3, -0.25) is 14.6 Å². The molecule has 2 aromatic rings. The van der Waals surface area contributed by atoms with Crippen molar-refractivity contribution in [3.8, 4) is 11.3 Å². The molecule has 0 bridgehead atoms. The van der Waals surface area contributed by atoms with Crippen LogP contribution in [0.15, 0.2) is 6.07 Å². The van der Waals surface area contributed by atoms with Crippen LogP contribution in [0, 0.1) is 19.8 Å². The number of aromatic nitrogens is 4. The van der Waals surface area contributed by atoms with Gasteiger partial charge in [0, 0.05) is 37.4 Å². The number of aryl methyl sites for hydroxylation is 2. The van der Waals surface area contributed by atoms with Crippen LogP contribution in [0.1, 0.15) is 47.6 Å². The van der Waals surface area contributed by atoms with Crippen molar-refractivity contribution in [2.45, 2.75) is 45.6 Å². The summed E-state index contributed by atoms with van der Waals surface area (Å²) in [7, 11) is 1.92. The second-order valence-electron chi connectivity index (χ2n) is 7.75. The van der Waals surface area contributed by atoms with Crippen LogP contribution < -0.4 is 5.32 Å². The summed E-state index contributed by atoms with van der Waals surface area (Å²) in [6.07, 6.45) is 4.81. The Morgan fingerprint density at radius 1 is 1.26 bits per heavy atom. The predicted molar refractivity (Wildman–Crippen MR) is 107 cm³/mol. The van der Waals surface area contributed by atoms with E-state index < -0.39 is 0 Å². The molecule has 2 aromatic heterocycles. The Labute approximate surface area is 166 Å². The lowest BCUT2D eigenvalue weighted by atomic mass is 10.0. The van der Waals surface area contributed by atoms with Gasteiger partial charge in [0.15, 0.2) is 0 Å². The number of carbonyl (C=O) groups is 1. The first-order valence-electron chi connectivity index (χ1n) is 9.61. The lowest BCUT2D eigenvalue weighted by molar-refractivity contribution is 0.0699. The van der Waals surface area contributed by atoms with Crippen molar-refractivity contribution in [1.29, 1.82) is 0 Å². The van der Waals surface area contributed by atoms with Crippen molar-refractivity contribution in [3.63, 3.8) is 0 Å². The number of likely N-dealkylation sites (tertiary alicyclic amines) is 1. The third-order valence-corrected chi connectivity index (χ3v) is 5.75. The first-order chi connectivity index (χ1) is 12.5. The van der Waals surface area contributed by atoms with E-state index in [1.165, 1.54) is 12.8 Å². The van der Waals surface area contributed by atoms with Crippen LogP contribution in [0.4, 0.5) is 0 Å². The monoisotopic (exact) mass is 392 g/mol. The highest BCUT2D eigenvalue weighted by Crippen LogP contribution is 2.28. The Hall–Kier alpha value is -1.86. The van der Waals surface area contributed by atoms with Gasteiger partial charge >= 0.3 is 0 Å². The van der Waals surface area contributed by atoms with Crippen molar-refractivity contribution in [2.24, 2.45) is 13.0 Å². The molecule has 0 aromatic carbocycles. The molecule has 2 fully saturated rings.